The molecular formula is C22H29FN2O. The van der Waals surface area contributed by atoms with E-state index in [1.165, 1.54) is 37.6 Å². The number of aliphatic hydroxyl groups excluding tert-OH is 1. The van der Waals surface area contributed by atoms with E-state index >= 15 is 0 Å². The summed E-state index contributed by atoms with van der Waals surface area (Å²) in [5.74, 6) is -0.194. The minimum Gasteiger partial charge on any atom is -0.392 e. The third kappa shape index (κ3) is 5.37. The average molecular weight is 356 g/mol. The molecule has 1 atom stereocenters. The van der Waals surface area contributed by atoms with Crippen molar-refractivity contribution in [3.05, 3.63) is 59.4 Å². The smallest absolute Gasteiger partial charge is 0.131 e. The van der Waals surface area contributed by atoms with Gasteiger partial charge in [0.05, 0.1) is 6.10 Å². The van der Waals surface area contributed by atoms with Crippen molar-refractivity contribution in [2.75, 3.05) is 26.2 Å². The zero-order chi connectivity index (χ0) is 18.4. The summed E-state index contributed by atoms with van der Waals surface area (Å²) >= 11 is 0. The molecule has 0 saturated carbocycles. The first kappa shape index (κ1) is 19.0. The number of hydrogen-bond donors (Lipinski definition) is 2. The minimum absolute atomic E-state index is 0.194. The van der Waals surface area contributed by atoms with Crippen LogP contribution in [0, 0.1) is 5.82 Å². The van der Waals surface area contributed by atoms with Crippen LogP contribution >= 0.6 is 0 Å². The Hall–Kier alpha value is -1.75. The van der Waals surface area contributed by atoms with Crippen molar-refractivity contribution < 1.29 is 9.50 Å². The molecule has 3 nitrogen and oxygen atoms in total. The molecule has 3 rings (SSSR count). The van der Waals surface area contributed by atoms with Crippen LogP contribution in [0.1, 0.15) is 30.9 Å². The topological polar surface area (TPSA) is 35.5 Å². The Morgan fingerprint density at radius 1 is 1.12 bits per heavy atom. The van der Waals surface area contributed by atoms with Gasteiger partial charge in [-0.3, -0.25) is 0 Å². The zero-order valence-corrected chi connectivity index (χ0v) is 15.5. The molecule has 0 radical (unpaired) electrons. The van der Waals surface area contributed by atoms with Crippen molar-refractivity contribution in [3.63, 3.8) is 0 Å². The van der Waals surface area contributed by atoms with E-state index in [1.807, 2.05) is 18.2 Å². The number of likely N-dealkylation sites (tertiary alicyclic amines) is 1. The predicted octanol–water partition coefficient (Wildman–Crippen LogP) is 3.60. The lowest BCUT2D eigenvalue weighted by atomic mass is 9.99. The maximum Gasteiger partial charge on any atom is 0.131 e. The molecule has 2 N–H and O–H groups in total. The van der Waals surface area contributed by atoms with Crippen molar-refractivity contribution in [2.24, 2.45) is 0 Å². The van der Waals surface area contributed by atoms with Gasteiger partial charge in [0.1, 0.15) is 5.82 Å². The Labute approximate surface area is 155 Å². The van der Waals surface area contributed by atoms with Gasteiger partial charge in [-0.2, -0.15) is 0 Å². The number of nitrogens with one attached hydrogen (secondary N) is 1. The summed E-state index contributed by atoms with van der Waals surface area (Å²) in [4.78, 5) is 2.50. The Bertz CT molecular complexity index is 711. The molecule has 0 amide bonds. The first-order valence-corrected chi connectivity index (χ1v) is 9.61. The summed E-state index contributed by atoms with van der Waals surface area (Å²) in [5.41, 5.74) is 3.85. The van der Waals surface area contributed by atoms with Crippen LogP contribution in [0.3, 0.4) is 0 Å². The van der Waals surface area contributed by atoms with Gasteiger partial charge in [-0.15, -0.1) is 0 Å². The Kier molecular flexibility index (Phi) is 6.78. The van der Waals surface area contributed by atoms with E-state index in [0.29, 0.717) is 18.7 Å². The van der Waals surface area contributed by atoms with Gasteiger partial charge >= 0.3 is 0 Å². The summed E-state index contributed by atoms with van der Waals surface area (Å²) in [5, 5.41) is 12.5. The highest BCUT2D eigenvalue weighted by Gasteiger charge is 2.12. The molecule has 0 aromatic heterocycles. The first-order valence-electron chi connectivity index (χ1n) is 9.61. The number of halogens is 1. The number of hydrogen-bond acceptors (Lipinski definition) is 3. The monoisotopic (exact) mass is 356 g/mol. The van der Waals surface area contributed by atoms with Crippen LogP contribution in [0.4, 0.5) is 4.39 Å². The van der Waals surface area contributed by atoms with Crippen molar-refractivity contribution in [3.8, 4) is 11.1 Å². The fraction of sp³-hybridized carbons (Fsp3) is 0.455. The summed E-state index contributed by atoms with van der Waals surface area (Å²) in [7, 11) is 0. The fourth-order valence-electron chi connectivity index (χ4n) is 3.52. The standard InChI is InChI=1S/C22H29FN2O/c1-17(26)15-24-16-19-7-8-22(23)21(14-19)20-6-4-5-18(13-20)9-12-25-10-2-3-11-25/h4-8,13-14,17,24,26H,2-3,9-12,15-16H2,1H3/t17-/m1/s1. The van der Waals surface area contributed by atoms with E-state index in [-0.39, 0.29) is 11.9 Å². The quantitative estimate of drug-likeness (QED) is 0.759. The second kappa shape index (κ2) is 9.26. The second-order valence-corrected chi connectivity index (χ2v) is 7.29. The van der Waals surface area contributed by atoms with Crippen molar-refractivity contribution in [2.45, 2.75) is 38.8 Å². The average Bonchev–Trinajstić information content (AvgIpc) is 3.15. The number of benzene rings is 2. The maximum atomic E-state index is 14.4. The van der Waals surface area contributed by atoms with Crippen LogP contribution in [0.15, 0.2) is 42.5 Å². The normalized spacial score (nSPS) is 16.1. The largest absolute Gasteiger partial charge is 0.392 e. The van der Waals surface area contributed by atoms with E-state index in [2.05, 4.69) is 22.3 Å². The molecule has 1 fully saturated rings. The molecular weight excluding hydrogens is 327 g/mol. The molecule has 1 saturated heterocycles. The zero-order valence-electron chi connectivity index (χ0n) is 15.5. The van der Waals surface area contributed by atoms with Gasteiger partial charge < -0.3 is 15.3 Å². The number of nitrogens with zero attached hydrogens (tertiary/aromatic N) is 1. The van der Waals surface area contributed by atoms with E-state index in [1.54, 1.807) is 13.0 Å². The number of aliphatic hydroxyl groups is 1. The van der Waals surface area contributed by atoms with Crippen molar-refractivity contribution in [1.82, 2.24) is 10.2 Å². The highest BCUT2D eigenvalue weighted by Crippen LogP contribution is 2.25. The lowest BCUT2D eigenvalue weighted by Gasteiger charge is -2.15. The minimum atomic E-state index is -0.387. The van der Waals surface area contributed by atoms with Crippen LogP contribution in [0.25, 0.3) is 11.1 Å². The van der Waals surface area contributed by atoms with Gasteiger partial charge in [-0.05, 0) is 68.1 Å². The van der Waals surface area contributed by atoms with Crippen LogP contribution in [0.2, 0.25) is 0 Å². The predicted molar refractivity (Wildman–Crippen MR) is 105 cm³/mol. The van der Waals surface area contributed by atoms with E-state index in [4.69, 9.17) is 0 Å². The summed E-state index contributed by atoms with van der Waals surface area (Å²) < 4.78 is 14.4. The summed E-state index contributed by atoms with van der Waals surface area (Å²) in [6.45, 7) is 6.38. The molecule has 1 heterocycles. The Morgan fingerprint density at radius 2 is 1.92 bits per heavy atom. The van der Waals surface area contributed by atoms with Gasteiger partial charge in [0.15, 0.2) is 0 Å². The molecule has 0 unspecified atom stereocenters. The highest BCUT2D eigenvalue weighted by atomic mass is 19.1. The van der Waals surface area contributed by atoms with Gasteiger partial charge in [0.25, 0.3) is 0 Å². The highest BCUT2D eigenvalue weighted by molar-refractivity contribution is 5.65. The molecule has 1 aliphatic heterocycles. The lowest BCUT2D eigenvalue weighted by molar-refractivity contribution is 0.191. The maximum absolute atomic E-state index is 14.4. The van der Waals surface area contributed by atoms with Crippen molar-refractivity contribution in [1.29, 1.82) is 0 Å². The number of rotatable bonds is 8. The van der Waals surface area contributed by atoms with Crippen LogP contribution < -0.4 is 5.32 Å². The molecule has 0 bridgehead atoms. The molecule has 26 heavy (non-hydrogen) atoms. The third-order valence-corrected chi connectivity index (χ3v) is 4.95. The van der Waals surface area contributed by atoms with Crippen LogP contribution in [-0.4, -0.2) is 42.3 Å². The van der Waals surface area contributed by atoms with E-state index in [9.17, 15) is 9.50 Å². The fourth-order valence-corrected chi connectivity index (χ4v) is 3.52. The molecule has 1 aliphatic rings. The summed E-state index contributed by atoms with van der Waals surface area (Å²) in [6, 6.07) is 13.5. The van der Waals surface area contributed by atoms with E-state index < -0.39 is 0 Å². The van der Waals surface area contributed by atoms with Crippen LogP contribution in [-0.2, 0) is 13.0 Å². The Morgan fingerprint density at radius 3 is 2.69 bits per heavy atom. The third-order valence-electron chi connectivity index (χ3n) is 4.95. The summed E-state index contributed by atoms with van der Waals surface area (Å²) in [6.07, 6.45) is 3.23. The molecule has 0 spiro atoms. The Balaban J connectivity index is 1.69. The van der Waals surface area contributed by atoms with Gasteiger partial charge in [0.2, 0.25) is 0 Å². The van der Waals surface area contributed by atoms with Gasteiger partial charge in [-0.25, -0.2) is 4.39 Å². The van der Waals surface area contributed by atoms with E-state index in [0.717, 1.165) is 24.1 Å². The van der Waals surface area contributed by atoms with Gasteiger partial charge in [0, 0.05) is 25.2 Å². The molecule has 4 heteroatoms. The van der Waals surface area contributed by atoms with Crippen LogP contribution in [0.5, 0.6) is 0 Å². The second-order valence-electron chi connectivity index (χ2n) is 7.29. The molecule has 140 valence electrons. The molecule has 2 aromatic carbocycles. The SMILES string of the molecule is C[C@@H](O)CNCc1ccc(F)c(-c2cccc(CCN3CCCC3)c2)c1. The lowest BCUT2D eigenvalue weighted by Crippen LogP contribution is -2.23. The first-order chi connectivity index (χ1) is 12.6. The van der Waals surface area contributed by atoms with Gasteiger partial charge in [-0.1, -0.05) is 30.3 Å². The molecule has 2 aromatic rings. The van der Waals surface area contributed by atoms with Crippen molar-refractivity contribution >= 4 is 0 Å². The molecule has 0 aliphatic carbocycles.